The number of carbonyl (C=O) groups is 1. The zero-order chi connectivity index (χ0) is 15.0. The average Bonchev–Trinajstić information content (AvgIpc) is 2.83. The Labute approximate surface area is 124 Å². The predicted octanol–water partition coefficient (Wildman–Crippen LogP) is 2.63. The number of hydrogen-bond donors (Lipinski definition) is 1. The highest BCUT2D eigenvalue weighted by Crippen LogP contribution is 2.15. The average molecular weight is 299 g/mol. The molecule has 6 heteroatoms. The second-order valence-corrected chi connectivity index (χ2v) is 5.95. The molecule has 0 aliphatic heterocycles. The lowest BCUT2D eigenvalue weighted by molar-refractivity contribution is 0.102. The maximum absolute atomic E-state index is 12.3. The van der Waals surface area contributed by atoms with Crippen molar-refractivity contribution in [3.05, 3.63) is 63.0 Å². The number of amides is 1. The predicted molar refractivity (Wildman–Crippen MR) is 83.2 cm³/mol. The molecule has 1 aromatic carbocycles. The van der Waals surface area contributed by atoms with Crippen LogP contribution in [-0.4, -0.2) is 15.3 Å². The van der Waals surface area contributed by atoms with Crippen molar-refractivity contribution in [2.24, 2.45) is 0 Å². The Balaban J connectivity index is 2.00. The van der Waals surface area contributed by atoms with Crippen molar-refractivity contribution in [2.75, 3.05) is 5.32 Å². The maximum Gasteiger partial charge on any atom is 0.271 e. The molecule has 1 amide bonds. The summed E-state index contributed by atoms with van der Waals surface area (Å²) in [4.78, 5) is 30.3. The van der Waals surface area contributed by atoms with Crippen LogP contribution in [0.15, 0.2) is 41.5 Å². The molecule has 0 atom stereocenters. The molecule has 3 aromatic rings. The molecule has 2 aromatic heterocycles. The number of carbonyl (C=O) groups excluding carboxylic acids is 1. The van der Waals surface area contributed by atoms with Crippen molar-refractivity contribution >= 4 is 27.9 Å². The number of anilines is 1. The van der Waals surface area contributed by atoms with Crippen LogP contribution in [0.5, 0.6) is 0 Å². The van der Waals surface area contributed by atoms with Gasteiger partial charge < -0.3 is 5.32 Å². The fourth-order valence-corrected chi connectivity index (χ4v) is 2.84. The molecule has 0 bridgehead atoms. The molecular formula is C15H13N3O2S. The van der Waals surface area contributed by atoms with E-state index in [1.165, 1.54) is 21.9 Å². The van der Waals surface area contributed by atoms with E-state index < -0.39 is 5.91 Å². The fraction of sp³-hybridized carbons (Fsp3) is 0.133. The number of nitrogens with one attached hydrogen (secondary N) is 1. The lowest BCUT2D eigenvalue weighted by Gasteiger charge is -2.07. The van der Waals surface area contributed by atoms with E-state index in [1.54, 1.807) is 12.3 Å². The van der Waals surface area contributed by atoms with Gasteiger partial charge in [0.25, 0.3) is 11.5 Å². The highest BCUT2D eigenvalue weighted by atomic mass is 32.1. The van der Waals surface area contributed by atoms with Gasteiger partial charge in [0, 0.05) is 23.0 Å². The molecule has 106 valence electrons. The summed E-state index contributed by atoms with van der Waals surface area (Å²) < 4.78 is 1.41. The second kappa shape index (κ2) is 5.14. The van der Waals surface area contributed by atoms with Crippen LogP contribution in [0, 0.1) is 13.8 Å². The third-order valence-electron chi connectivity index (χ3n) is 3.16. The molecule has 1 N–H and O–H groups in total. The van der Waals surface area contributed by atoms with Gasteiger partial charge in [-0.25, -0.2) is 4.98 Å². The number of rotatable bonds is 2. The minimum atomic E-state index is -0.444. The number of nitrogens with zero attached hydrogens (tertiary/aromatic N) is 2. The number of benzene rings is 1. The van der Waals surface area contributed by atoms with Crippen LogP contribution in [-0.2, 0) is 0 Å². The van der Waals surface area contributed by atoms with E-state index in [4.69, 9.17) is 0 Å². The molecule has 0 saturated carbocycles. The number of aryl methyl sites for hydroxylation is 2. The van der Waals surface area contributed by atoms with Crippen LogP contribution >= 0.6 is 11.3 Å². The first kappa shape index (κ1) is 13.5. The first-order chi connectivity index (χ1) is 10.1. The van der Waals surface area contributed by atoms with E-state index in [-0.39, 0.29) is 11.1 Å². The first-order valence-corrected chi connectivity index (χ1v) is 7.22. The third-order valence-corrected chi connectivity index (χ3v) is 4.07. The Hall–Kier alpha value is -2.47. The smallest absolute Gasteiger partial charge is 0.271 e. The Morgan fingerprint density at radius 3 is 2.81 bits per heavy atom. The van der Waals surface area contributed by atoms with Crippen LogP contribution in [0.1, 0.15) is 20.8 Å². The van der Waals surface area contributed by atoms with Crippen molar-refractivity contribution in [3.8, 4) is 0 Å². The number of thiazole rings is 1. The van der Waals surface area contributed by atoms with Crippen LogP contribution in [0.3, 0.4) is 0 Å². The van der Waals surface area contributed by atoms with E-state index in [0.717, 1.165) is 10.4 Å². The second-order valence-electron chi connectivity index (χ2n) is 4.74. The summed E-state index contributed by atoms with van der Waals surface area (Å²) in [7, 11) is 0. The lowest BCUT2D eigenvalue weighted by atomic mass is 10.2. The van der Waals surface area contributed by atoms with Crippen molar-refractivity contribution in [1.82, 2.24) is 9.38 Å². The van der Waals surface area contributed by atoms with Crippen molar-refractivity contribution in [3.63, 3.8) is 0 Å². The molecule has 5 nitrogen and oxygen atoms in total. The monoisotopic (exact) mass is 299 g/mol. The van der Waals surface area contributed by atoms with Gasteiger partial charge in [-0.15, -0.1) is 11.3 Å². The summed E-state index contributed by atoms with van der Waals surface area (Å²) in [6.45, 7) is 3.79. The Morgan fingerprint density at radius 1 is 1.29 bits per heavy atom. The van der Waals surface area contributed by atoms with E-state index in [9.17, 15) is 9.59 Å². The molecule has 21 heavy (non-hydrogen) atoms. The first-order valence-electron chi connectivity index (χ1n) is 6.41. The number of para-hydroxylation sites is 1. The quantitative estimate of drug-likeness (QED) is 0.791. The van der Waals surface area contributed by atoms with Crippen molar-refractivity contribution in [1.29, 1.82) is 0 Å². The fourth-order valence-electron chi connectivity index (χ4n) is 2.05. The molecule has 0 spiro atoms. The van der Waals surface area contributed by atoms with Gasteiger partial charge in [-0.1, -0.05) is 18.2 Å². The van der Waals surface area contributed by atoms with Gasteiger partial charge in [0.1, 0.15) is 5.56 Å². The van der Waals surface area contributed by atoms with Gasteiger partial charge in [0.15, 0.2) is 4.96 Å². The van der Waals surface area contributed by atoms with Crippen LogP contribution in [0.2, 0.25) is 0 Å². The molecule has 2 heterocycles. The SMILES string of the molecule is Cc1cn2c(=O)c(C(=O)Nc3ccccc3C)cnc2s1. The normalized spacial score (nSPS) is 10.8. The summed E-state index contributed by atoms with van der Waals surface area (Å²) >= 11 is 1.41. The molecular weight excluding hydrogens is 286 g/mol. The maximum atomic E-state index is 12.3. The van der Waals surface area contributed by atoms with E-state index in [0.29, 0.717) is 10.6 Å². The van der Waals surface area contributed by atoms with Gasteiger partial charge in [0.05, 0.1) is 0 Å². The Bertz CT molecular complexity index is 895. The third kappa shape index (κ3) is 2.45. The summed E-state index contributed by atoms with van der Waals surface area (Å²) in [5.41, 5.74) is 1.31. The minimum absolute atomic E-state index is 0.0357. The molecule has 0 radical (unpaired) electrons. The van der Waals surface area contributed by atoms with E-state index in [2.05, 4.69) is 10.3 Å². The molecule has 0 aliphatic carbocycles. The van der Waals surface area contributed by atoms with Crippen molar-refractivity contribution in [2.45, 2.75) is 13.8 Å². The highest BCUT2D eigenvalue weighted by Gasteiger charge is 2.15. The summed E-state index contributed by atoms with van der Waals surface area (Å²) in [6, 6.07) is 7.42. The van der Waals surface area contributed by atoms with Crippen molar-refractivity contribution < 1.29 is 4.79 Å². The minimum Gasteiger partial charge on any atom is -0.322 e. The van der Waals surface area contributed by atoms with E-state index in [1.807, 2.05) is 32.0 Å². The summed E-state index contributed by atoms with van der Waals surface area (Å²) in [5.74, 6) is -0.444. The van der Waals surface area contributed by atoms with Gasteiger partial charge >= 0.3 is 0 Å². The summed E-state index contributed by atoms with van der Waals surface area (Å²) in [5, 5.41) is 2.75. The molecule has 0 unspecified atom stereocenters. The zero-order valence-electron chi connectivity index (χ0n) is 11.6. The Kier molecular flexibility index (Phi) is 3.31. The van der Waals surface area contributed by atoms with Gasteiger partial charge in [0.2, 0.25) is 0 Å². The summed E-state index contributed by atoms with van der Waals surface area (Å²) in [6.07, 6.45) is 3.03. The standard InChI is InChI=1S/C15H13N3O2S/c1-9-5-3-4-6-12(9)17-13(19)11-7-16-15-18(14(11)20)8-10(2)21-15/h3-8H,1-2H3,(H,17,19). The van der Waals surface area contributed by atoms with Crippen LogP contribution in [0.25, 0.3) is 4.96 Å². The highest BCUT2D eigenvalue weighted by molar-refractivity contribution is 7.16. The molecule has 0 saturated heterocycles. The van der Waals surface area contributed by atoms with E-state index >= 15 is 0 Å². The van der Waals surface area contributed by atoms with Gasteiger partial charge in [-0.2, -0.15) is 0 Å². The molecule has 0 aliphatic rings. The number of fused-ring (bicyclic) bond motifs is 1. The molecule has 0 fully saturated rings. The topological polar surface area (TPSA) is 63.5 Å². The zero-order valence-corrected chi connectivity index (χ0v) is 12.4. The van der Waals surface area contributed by atoms with Gasteiger partial charge in [-0.3, -0.25) is 14.0 Å². The number of aromatic nitrogens is 2. The molecule has 3 rings (SSSR count). The lowest BCUT2D eigenvalue weighted by Crippen LogP contribution is -2.26. The van der Waals surface area contributed by atoms with Crippen LogP contribution in [0.4, 0.5) is 5.69 Å². The van der Waals surface area contributed by atoms with Gasteiger partial charge in [-0.05, 0) is 25.5 Å². The number of hydrogen-bond acceptors (Lipinski definition) is 4. The largest absolute Gasteiger partial charge is 0.322 e. The van der Waals surface area contributed by atoms with Crippen LogP contribution < -0.4 is 10.9 Å². The Morgan fingerprint density at radius 2 is 2.05 bits per heavy atom.